The number of para-hydroxylation sites is 2. The third kappa shape index (κ3) is 2.65. The van der Waals surface area contributed by atoms with Crippen LogP contribution in [-0.4, -0.2) is 14.2 Å². The van der Waals surface area contributed by atoms with E-state index in [0.717, 1.165) is 22.8 Å². The van der Waals surface area contributed by atoms with Crippen LogP contribution in [-0.2, 0) is 13.1 Å². The van der Waals surface area contributed by atoms with Gasteiger partial charge in [0.05, 0.1) is 25.6 Å². The van der Waals surface area contributed by atoms with Gasteiger partial charge < -0.3 is 19.8 Å². The van der Waals surface area contributed by atoms with Crippen molar-refractivity contribution in [2.24, 2.45) is 5.73 Å². The molecule has 2 rings (SSSR count). The standard InChI is InChI=1S/C14H18N2O2/c1-16(9-12-7-11(8-15)10-18-12)13-5-3-4-6-14(13)17-2/h3-7,10H,8-9,15H2,1-2H3. The molecule has 0 saturated heterocycles. The number of rotatable bonds is 5. The van der Waals surface area contributed by atoms with E-state index in [1.807, 2.05) is 37.4 Å². The number of methoxy groups -OCH3 is 1. The molecule has 4 heteroatoms. The second-order valence-electron chi connectivity index (χ2n) is 4.15. The molecule has 0 unspecified atom stereocenters. The maximum atomic E-state index is 5.56. The number of furan rings is 1. The molecule has 1 aromatic heterocycles. The van der Waals surface area contributed by atoms with E-state index < -0.39 is 0 Å². The van der Waals surface area contributed by atoms with Crippen molar-refractivity contribution in [3.63, 3.8) is 0 Å². The first kappa shape index (κ1) is 12.5. The molecule has 1 aromatic carbocycles. The van der Waals surface area contributed by atoms with Crippen LogP contribution in [0.25, 0.3) is 0 Å². The summed E-state index contributed by atoms with van der Waals surface area (Å²) < 4.78 is 10.8. The van der Waals surface area contributed by atoms with Crippen molar-refractivity contribution in [3.05, 3.63) is 47.9 Å². The molecule has 18 heavy (non-hydrogen) atoms. The molecule has 0 aliphatic heterocycles. The first-order valence-corrected chi connectivity index (χ1v) is 5.85. The molecular weight excluding hydrogens is 228 g/mol. The van der Waals surface area contributed by atoms with Gasteiger partial charge in [0.2, 0.25) is 0 Å². The van der Waals surface area contributed by atoms with Crippen LogP contribution in [0.3, 0.4) is 0 Å². The van der Waals surface area contributed by atoms with Gasteiger partial charge >= 0.3 is 0 Å². The number of anilines is 1. The number of nitrogens with zero attached hydrogens (tertiary/aromatic N) is 1. The fourth-order valence-electron chi connectivity index (χ4n) is 1.88. The first-order valence-electron chi connectivity index (χ1n) is 5.85. The summed E-state index contributed by atoms with van der Waals surface area (Å²) in [6.07, 6.45) is 1.70. The minimum Gasteiger partial charge on any atom is -0.495 e. The van der Waals surface area contributed by atoms with E-state index in [-0.39, 0.29) is 0 Å². The number of hydrogen-bond donors (Lipinski definition) is 1. The summed E-state index contributed by atoms with van der Waals surface area (Å²) in [6.45, 7) is 1.18. The Hall–Kier alpha value is -1.94. The lowest BCUT2D eigenvalue weighted by molar-refractivity contribution is 0.414. The number of ether oxygens (including phenoxy) is 1. The summed E-state index contributed by atoms with van der Waals surface area (Å²) in [5, 5.41) is 0. The van der Waals surface area contributed by atoms with Crippen LogP contribution < -0.4 is 15.4 Å². The average Bonchev–Trinajstić information content (AvgIpc) is 2.86. The highest BCUT2D eigenvalue weighted by atomic mass is 16.5. The molecule has 2 aromatic rings. The van der Waals surface area contributed by atoms with E-state index in [0.29, 0.717) is 13.1 Å². The largest absolute Gasteiger partial charge is 0.495 e. The highest BCUT2D eigenvalue weighted by Crippen LogP contribution is 2.27. The van der Waals surface area contributed by atoms with Crippen molar-refractivity contribution in [2.75, 3.05) is 19.1 Å². The molecule has 0 atom stereocenters. The van der Waals surface area contributed by atoms with Gasteiger partial charge in [-0.25, -0.2) is 0 Å². The molecule has 0 aliphatic rings. The zero-order valence-electron chi connectivity index (χ0n) is 10.7. The Morgan fingerprint density at radius 3 is 2.78 bits per heavy atom. The fourth-order valence-corrected chi connectivity index (χ4v) is 1.88. The summed E-state index contributed by atoms with van der Waals surface area (Å²) in [5.74, 6) is 1.74. The van der Waals surface area contributed by atoms with Gasteiger partial charge in [-0.05, 0) is 18.2 Å². The maximum absolute atomic E-state index is 5.56. The van der Waals surface area contributed by atoms with Crippen molar-refractivity contribution >= 4 is 5.69 Å². The molecule has 96 valence electrons. The highest BCUT2D eigenvalue weighted by molar-refractivity contribution is 5.57. The second-order valence-corrected chi connectivity index (χ2v) is 4.15. The molecule has 4 nitrogen and oxygen atoms in total. The number of hydrogen-bond acceptors (Lipinski definition) is 4. The molecular formula is C14H18N2O2. The molecule has 0 saturated carbocycles. The highest BCUT2D eigenvalue weighted by Gasteiger charge is 2.09. The maximum Gasteiger partial charge on any atom is 0.142 e. The molecule has 0 aliphatic carbocycles. The molecule has 0 fully saturated rings. The molecule has 0 amide bonds. The Bertz CT molecular complexity index is 508. The van der Waals surface area contributed by atoms with Crippen molar-refractivity contribution in [2.45, 2.75) is 13.1 Å². The monoisotopic (exact) mass is 246 g/mol. The topological polar surface area (TPSA) is 51.6 Å². The molecule has 1 heterocycles. The van der Waals surface area contributed by atoms with Gasteiger partial charge in [-0.1, -0.05) is 12.1 Å². The van der Waals surface area contributed by atoms with E-state index in [1.54, 1.807) is 13.4 Å². The van der Waals surface area contributed by atoms with Gasteiger partial charge in [-0.3, -0.25) is 0 Å². The fraction of sp³-hybridized carbons (Fsp3) is 0.286. The summed E-state index contributed by atoms with van der Waals surface area (Å²) in [6, 6.07) is 9.88. The van der Waals surface area contributed by atoms with Crippen LogP contribution in [0, 0.1) is 0 Å². The Morgan fingerprint density at radius 1 is 1.33 bits per heavy atom. The van der Waals surface area contributed by atoms with Gasteiger partial charge in [0.1, 0.15) is 11.5 Å². The molecule has 0 radical (unpaired) electrons. The van der Waals surface area contributed by atoms with Crippen LogP contribution in [0.15, 0.2) is 41.0 Å². The zero-order valence-corrected chi connectivity index (χ0v) is 10.7. The Kier molecular flexibility index (Phi) is 3.89. The number of nitrogens with two attached hydrogens (primary N) is 1. The third-order valence-electron chi connectivity index (χ3n) is 2.83. The minimum absolute atomic E-state index is 0.502. The van der Waals surface area contributed by atoms with Gasteiger partial charge in [0.25, 0.3) is 0 Å². The van der Waals surface area contributed by atoms with Crippen molar-refractivity contribution in [1.29, 1.82) is 0 Å². The summed E-state index contributed by atoms with van der Waals surface area (Å²) in [7, 11) is 3.68. The zero-order chi connectivity index (χ0) is 13.0. The predicted molar refractivity (Wildman–Crippen MR) is 71.7 cm³/mol. The van der Waals surface area contributed by atoms with E-state index in [2.05, 4.69) is 4.90 Å². The van der Waals surface area contributed by atoms with Crippen molar-refractivity contribution < 1.29 is 9.15 Å². The smallest absolute Gasteiger partial charge is 0.142 e. The van der Waals surface area contributed by atoms with Gasteiger partial charge in [-0.2, -0.15) is 0 Å². The second kappa shape index (κ2) is 5.60. The SMILES string of the molecule is COc1ccccc1N(C)Cc1cc(CN)co1. The molecule has 0 bridgehead atoms. The minimum atomic E-state index is 0.502. The van der Waals surface area contributed by atoms with E-state index in [9.17, 15) is 0 Å². The van der Waals surface area contributed by atoms with E-state index >= 15 is 0 Å². The summed E-state index contributed by atoms with van der Waals surface area (Å²) in [5.41, 5.74) is 7.60. The van der Waals surface area contributed by atoms with Crippen LogP contribution in [0.2, 0.25) is 0 Å². The van der Waals surface area contributed by atoms with E-state index in [4.69, 9.17) is 14.9 Å². The van der Waals surface area contributed by atoms with Crippen LogP contribution in [0.5, 0.6) is 5.75 Å². The van der Waals surface area contributed by atoms with Gasteiger partial charge in [0, 0.05) is 19.2 Å². The normalized spacial score (nSPS) is 10.4. The van der Waals surface area contributed by atoms with Crippen LogP contribution in [0.4, 0.5) is 5.69 Å². The lowest BCUT2D eigenvalue weighted by atomic mass is 10.2. The summed E-state index contributed by atoms with van der Waals surface area (Å²) >= 11 is 0. The van der Waals surface area contributed by atoms with Crippen LogP contribution >= 0.6 is 0 Å². The van der Waals surface area contributed by atoms with Gasteiger partial charge in [-0.15, -0.1) is 0 Å². The number of benzene rings is 1. The summed E-state index contributed by atoms with van der Waals surface area (Å²) in [4.78, 5) is 2.08. The first-order chi connectivity index (χ1) is 8.74. The predicted octanol–water partition coefficient (Wildman–Crippen LogP) is 2.38. The van der Waals surface area contributed by atoms with Crippen molar-refractivity contribution in [3.8, 4) is 5.75 Å². The third-order valence-corrected chi connectivity index (χ3v) is 2.83. The molecule has 2 N–H and O–H groups in total. The Labute approximate surface area is 107 Å². The van der Waals surface area contributed by atoms with E-state index in [1.165, 1.54) is 0 Å². The van der Waals surface area contributed by atoms with Crippen LogP contribution in [0.1, 0.15) is 11.3 Å². The van der Waals surface area contributed by atoms with Gasteiger partial charge in [0.15, 0.2) is 0 Å². The lowest BCUT2D eigenvalue weighted by Gasteiger charge is -2.20. The van der Waals surface area contributed by atoms with Crippen molar-refractivity contribution in [1.82, 2.24) is 0 Å². The molecule has 0 spiro atoms. The quantitative estimate of drug-likeness (QED) is 0.880. The Balaban J connectivity index is 2.13. The average molecular weight is 246 g/mol. The lowest BCUT2D eigenvalue weighted by Crippen LogP contribution is -2.16. The Morgan fingerprint density at radius 2 is 2.11 bits per heavy atom.